The molecule has 4 heteroatoms. The van der Waals surface area contributed by atoms with Crippen LogP contribution in [-0.2, 0) is 9.84 Å². The summed E-state index contributed by atoms with van der Waals surface area (Å²) in [5.74, 6) is 0.0969. The first-order valence-corrected chi connectivity index (χ1v) is 10.7. The molecule has 0 atom stereocenters. The van der Waals surface area contributed by atoms with Gasteiger partial charge in [0.2, 0.25) is 14.9 Å². The second kappa shape index (κ2) is 5.83. The molecule has 3 nitrogen and oxygen atoms in total. The van der Waals surface area contributed by atoms with Gasteiger partial charge in [-0.05, 0) is 56.9 Å². The lowest BCUT2D eigenvalue weighted by atomic mass is 9.97. The molecule has 5 aromatic rings. The van der Waals surface area contributed by atoms with E-state index in [9.17, 15) is 8.42 Å². The number of benzene rings is 4. The Morgan fingerprint density at radius 2 is 1.44 bits per heavy atom. The first-order chi connectivity index (χ1) is 13.1. The molecular weight excluding hydrogens is 356 g/mol. The lowest BCUT2D eigenvalue weighted by molar-refractivity contribution is 0.481. The third-order valence-corrected chi connectivity index (χ3v) is 6.90. The molecular formula is C23H18O3S. The molecule has 1 heterocycles. The van der Waals surface area contributed by atoms with Crippen molar-refractivity contribution >= 4 is 53.1 Å². The molecule has 4 aromatic carbocycles. The monoisotopic (exact) mass is 374 g/mol. The van der Waals surface area contributed by atoms with Crippen LogP contribution in [-0.4, -0.2) is 14.2 Å². The molecule has 0 aliphatic rings. The van der Waals surface area contributed by atoms with Crippen LogP contribution in [0.15, 0.2) is 76.2 Å². The topological polar surface area (TPSA) is 47.3 Å². The van der Waals surface area contributed by atoms with Crippen LogP contribution in [0.25, 0.3) is 43.3 Å². The largest absolute Gasteiger partial charge is 0.445 e. The Morgan fingerprint density at radius 3 is 2.22 bits per heavy atom. The Balaban J connectivity index is 1.84. The van der Waals surface area contributed by atoms with Crippen LogP contribution in [0.3, 0.4) is 0 Å². The summed E-state index contributed by atoms with van der Waals surface area (Å²) in [4.78, 5) is 0. The second-order valence-electron chi connectivity index (χ2n) is 6.94. The van der Waals surface area contributed by atoms with Gasteiger partial charge in [0.25, 0.3) is 0 Å². The van der Waals surface area contributed by atoms with Crippen LogP contribution >= 0.6 is 0 Å². The zero-order valence-corrected chi connectivity index (χ0v) is 15.7. The summed E-state index contributed by atoms with van der Waals surface area (Å²) in [6, 6.07) is 22.4. The molecule has 134 valence electrons. The highest BCUT2D eigenvalue weighted by Gasteiger charge is 2.20. The zero-order chi connectivity index (χ0) is 18.6. The highest BCUT2D eigenvalue weighted by molar-refractivity contribution is 7.91. The standard InChI is InChI=1S/C23H18O3S/c1-2-11-27(24,25)23-14-21-19-8-7-17-12-15-5-3-4-6-16(15)13-20(17)18(19)9-10-22(21)26-23/h3-10,12-14H,2,11H2,1H3. The van der Waals surface area contributed by atoms with E-state index in [1.54, 1.807) is 6.07 Å². The van der Waals surface area contributed by atoms with Crippen LogP contribution in [0.1, 0.15) is 13.3 Å². The van der Waals surface area contributed by atoms with E-state index in [1.807, 2.05) is 31.2 Å². The molecule has 0 fully saturated rings. The van der Waals surface area contributed by atoms with Crippen LogP contribution in [0, 0.1) is 0 Å². The van der Waals surface area contributed by atoms with Crippen LogP contribution < -0.4 is 0 Å². The molecule has 1 aromatic heterocycles. The van der Waals surface area contributed by atoms with Gasteiger partial charge in [-0.1, -0.05) is 49.4 Å². The average molecular weight is 374 g/mol. The molecule has 0 aliphatic carbocycles. The lowest BCUT2D eigenvalue weighted by Crippen LogP contribution is -2.04. The summed E-state index contributed by atoms with van der Waals surface area (Å²) in [5.41, 5.74) is 0.609. The number of furan rings is 1. The van der Waals surface area contributed by atoms with Gasteiger partial charge in [0.05, 0.1) is 5.75 Å². The zero-order valence-electron chi connectivity index (χ0n) is 14.9. The minimum atomic E-state index is -3.38. The second-order valence-corrected chi connectivity index (χ2v) is 8.98. The highest BCUT2D eigenvalue weighted by atomic mass is 32.2. The lowest BCUT2D eigenvalue weighted by Gasteiger charge is -2.07. The fraction of sp³-hybridized carbons (Fsp3) is 0.130. The Morgan fingerprint density at radius 1 is 0.741 bits per heavy atom. The number of rotatable bonds is 3. The van der Waals surface area contributed by atoms with Crippen LogP contribution in [0.5, 0.6) is 0 Å². The average Bonchev–Trinajstić information content (AvgIpc) is 3.12. The molecule has 27 heavy (non-hydrogen) atoms. The molecule has 0 unspecified atom stereocenters. The summed E-state index contributed by atoms with van der Waals surface area (Å²) in [6.07, 6.45) is 0.567. The number of fused-ring (bicyclic) bond motifs is 6. The Kier molecular flexibility index (Phi) is 3.52. The van der Waals surface area contributed by atoms with E-state index < -0.39 is 9.84 Å². The minimum Gasteiger partial charge on any atom is -0.445 e. The van der Waals surface area contributed by atoms with Gasteiger partial charge in [-0.15, -0.1) is 0 Å². The molecule has 0 saturated heterocycles. The molecule has 0 bridgehead atoms. The van der Waals surface area contributed by atoms with E-state index in [0.29, 0.717) is 12.0 Å². The van der Waals surface area contributed by atoms with E-state index >= 15 is 0 Å². The molecule has 0 saturated carbocycles. The minimum absolute atomic E-state index is 0.0606. The van der Waals surface area contributed by atoms with Crippen molar-refractivity contribution in [2.75, 3.05) is 5.75 Å². The molecule has 5 rings (SSSR count). The highest BCUT2D eigenvalue weighted by Crippen LogP contribution is 2.35. The van der Waals surface area contributed by atoms with Crippen molar-refractivity contribution in [1.29, 1.82) is 0 Å². The Hall–Kier alpha value is -2.85. The quantitative estimate of drug-likeness (QED) is 0.284. The van der Waals surface area contributed by atoms with Crippen molar-refractivity contribution in [2.45, 2.75) is 18.4 Å². The predicted octanol–water partition coefficient (Wildman–Crippen LogP) is 6.08. The maximum Gasteiger partial charge on any atom is 0.219 e. The van der Waals surface area contributed by atoms with Gasteiger partial charge in [0.1, 0.15) is 5.58 Å². The molecule has 0 amide bonds. The van der Waals surface area contributed by atoms with E-state index in [1.165, 1.54) is 16.2 Å². The Bertz CT molecular complexity index is 1440. The summed E-state index contributed by atoms with van der Waals surface area (Å²) in [6.45, 7) is 1.85. The third-order valence-electron chi connectivity index (χ3n) is 5.14. The van der Waals surface area contributed by atoms with E-state index in [2.05, 4.69) is 36.4 Å². The van der Waals surface area contributed by atoms with Crippen LogP contribution in [0.4, 0.5) is 0 Å². The summed E-state index contributed by atoms with van der Waals surface area (Å²) in [5, 5.41) is 7.75. The number of hydrogen-bond donors (Lipinski definition) is 0. The van der Waals surface area contributed by atoms with Crippen molar-refractivity contribution in [1.82, 2.24) is 0 Å². The first-order valence-electron chi connectivity index (χ1n) is 9.07. The smallest absolute Gasteiger partial charge is 0.219 e. The van der Waals surface area contributed by atoms with Crippen molar-refractivity contribution in [3.05, 3.63) is 66.7 Å². The predicted molar refractivity (Wildman–Crippen MR) is 111 cm³/mol. The van der Waals surface area contributed by atoms with Gasteiger partial charge in [-0.2, -0.15) is 0 Å². The van der Waals surface area contributed by atoms with Crippen LogP contribution in [0.2, 0.25) is 0 Å². The fourth-order valence-electron chi connectivity index (χ4n) is 3.85. The normalized spacial score (nSPS) is 12.5. The van der Waals surface area contributed by atoms with E-state index in [-0.39, 0.29) is 10.8 Å². The summed E-state index contributed by atoms with van der Waals surface area (Å²) in [7, 11) is -3.38. The molecule has 0 aliphatic heterocycles. The fourth-order valence-corrected chi connectivity index (χ4v) is 5.10. The van der Waals surface area contributed by atoms with Crippen molar-refractivity contribution in [3.8, 4) is 0 Å². The SMILES string of the molecule is CCCS(=O)(=O)c1cc2c(ccc3c4cc5ccccc5cc4ccc23)o1. The molecule has 0 N–H and O–H groups in total. The van der Waals surface area contributed by atoms with Gasteiger partial charge in [0, 0.05) is 11.5 Å². The maximum absolute atomic E-state index is 12.4. The first kappa shape index (κ1) is 16.3. The van der Waals surface area contributed by atoms with E-state index in [4.69, 9.17) is 4.42 Å². The molecule has 0 spiro atoms. The van der Waals surface area contributed by atoms with E-state index in [0.717, 1.165) is 21.5 Å². The van der Waals surface area contributed by atoms with Gasteiger partial charge in [0.15, 0.2) is 0 Å². The van der Waals surface area contributed by atoms with Crippen molar-refractivity contribution in [3.63, 3.8) is 0 Å². The number of sulfone groups is 1. The Labute approximate surface area is 157 Å². The van der Waals surface area contributed by atoms with Gasteiger partial charge < -0.3 is 4.42 Å². The molecule has 0 radical (unpaired) electrons. The summed E-state index contributed by atoms with van der Waals surface area (Å²) >= 11 is 0. The van der Waals surface area contributed by atoms with Gasteiger partial charge >= 0.3 is 0 Å². The van der Waals surface area contributed by atoms with Crippen molar-refractivity contribution in [2.24, 2.45) is 0 Å². The number of hydrogen-bond acceptors (Lipinski definition) is 3. The maximum atomic E-state index is 12.4. The van der Waals surface area contributed by atoms with Crippen molar-refractivity contribution < 1.29 is 12.8 Å². The summed E-state index contributed by atoms with van der Waals surface area (Å²) < 4.78 is 30.5. The van der Waals surface area contributed by atoms with Gasteiger partial charge in [-0.25, -0.2) is 8.42 Å². The van der Waals surface area contributed by atoms with Gasteiger partial charge in [-0.3, -0.25) is 0 Å². The third kappa shape index (κ3) is 2.52.